The van der Waals surface area contributed by atoms with Gasteiger partial charge in [0.15, 0.2) is 0 Å². The van der Waals surface area contributed by atoms with Crippen molar-refractivity contribution in [3.05, 3.63) is 105 Å². The van der Waals surface area contributed by atoms with Crippen molar-refractivity contribution in [3.8, 4) is 0 Å². The molecular weight excluding hydrogens is 422 g/mol. The fraction of sp³-hybridized carbons (Fsp3) is 0.345. The number of hydrogen-bond acceptors (Lipinski definition) is 4. The number of benzene rings is 3. The van der Waals surface area contributed by atoms with E-state index in [0.29, 0.717) is 25.2 Å². The van der Waals surface area contributed by atoms with E-state index >= 15 is 0 Å². The van der Waals surface area contributed by atoms with Crippen LogP contribution >= 0.6 is 0 Å². The molecule has 0 bridgehead atoms. The number of carboxylic acids is 1. The lowest BCUT2D eigenvalue weighted by atomic mass is 10.0. The van der Waals surface area contributed by atoms with Gasteiger partial charge in [-0.3, -0.25) is 0 Å². The smallest absolute Gasteiger partial charge is 0.335 e. The van der Waals surface area contributed by atoms with Gasteiger partial charge in [0, 0.05) is 19.6 Å². The molecule has 0 amide bonds. The molecule has 3 aromatic carbocycles. The Morgan fingerprint density at radius 1 is 0.706 bits per heavy atom. The summed E-state index contributed by atoms with van der Waals surface area (Å²) in [6, 6.07) is 17.8. The first-order chi connectivity index (χ1) is 16.2. The predicted molar refractivity (Wildman–Crippen MR) is 143 cm³/mol. The summed E-state index contributed by atoms with van der Waals surface area (Å²) in [4.78, 5) is 10.5. The van der Waals surface area contributed by atoms with Crippen LogP contribution in [0.3, 0.4) is 0 Å². The zero-order valence-corrected chi connectivity index (χ0v) is 21.3. The van der Waals surface area contributed by atoms with Gasteiger partial charge < -0.3 is 22.3 Å². The van der Waals surface area contributed by atoms with Crippen LogP contribution in [0.4, 0.5) is 0 Å². The van der Waals surface area contributed by atoms with Gasteiger partial charge in [0.25, 0.3) is 0 Å². The molecule has 0 saturated carbocycles. The highest BCUT2D eigenvalue weighted by atomic mass is 16.4. The van der Waals surface area contributed by atoms with E-state index in [4.69, 9.17) is 22.3 Å². The molecule has 0 saturated heterocycles. The molecule has 0 aliphatic carbocycles. The number of aromatic carboxylic acids is 1. The summed E-state index contributed by atoms with van der Waals surface area (Å²) in [5.41, 5.74) is 26.8. The van der Waals surface area contributed by atoms with Crippen LogP contribution in [0, 0.1) is 20.8 Å². The van der Waals surface area contributed by atoms with Crippen molar-refractivity contribution in [2.75, 3.05) is 0 Å². The molecular formula is C29H41N3O2. The number of aryl methyl sites for hydroxylation is 5. The van der Waals surface area contributed by atoms with Crippen LogP contribution in [-0.4, -0.2) is 11.1 Å². The van der Waals surface area contributed by atoms with E-state index in [9.17, 15) is 4.79 Å². The maximum Gasteiger partial charge on any atom is 0.335 e. The average molecular weight is 464 g/mol. The summed E-state index contributed by atoms with van der Waals surface area (Å²) < 4.78 is 0. The molecule has 0 heterocycles. The highest BCUT2D eigenvalue weighted by Gasteiger charge is 2.04. The first-order valence-electron chi connectivity index (χ1n) is 11.8. The van der Waals surface area contributed by atoms with Crippen LogP contribution in [0.15, 0.2) is 54.6 Å². The second-order valence-corrected chi connectivity index (χ2v) is 8.24. The Morgan fingerprint density at radius 2 is 1.29 bits per heavy atom. The first-order valence-corrected chi connectivity index (χ1v) is 11.8. The van der Waals surface area contributed by atoms with Gasteiger partial charge in [0.05, 0.1) is 5.56 Å². The quantitative estimate of drug-likeness (QED) is 0.402. The monoisotopic (exact) mass is 463 g/mol. The molecule has 0 unspecified atom stereocenters. The van der Waals surface area contributed by atoms with Crippen LogP contribution in [0.5, 0.6) is 0 Å². The minimum Gasteiger partial charge on any atom is -0.478 e. The molecule has 5 heteroatoms. The van der Waals surface area contributed by atoms with Crippen LogP contribution in [0.25, 0.3) is 0 Å². The molecule has 3 aromatic rings. The van der Waals surface area contributed by atoms with Gasteiger partial charge in [-0.2, -0.15) is 0 Å². The molecule has 0 spiro atoms. The predicted octanol–water partition coefficient (Wildman–Crippen LogP) is 5.18. The lowest BCUT2D eigenvalue weighted by molar-refractivity contribution is 0.0696. The van der Waals surface area contributed by atoms with E-state index in [1.54, 1.807) is 18.2 Å². The molecule has 0 fully saturated rings. The van der Waals surface area contributed by atoms with Crippen molar-refractivity contribution in [1.29, 1.82) is 0 Å². The Morgan fingerprint density at radius 3 is 1.76 bits per heavy atom. The summed E-state index contributed by atoms with van der Waals surface area (Å²) in [5, 5.41) is 8.65. The van der Waals surface area contributed by atoms with Gasteiger partial charge in [0.2, 0.25) is 0 Å². The summed E-state index contributed by atoms with van der Waals surface area (Å²) in [7, 11) is 0. The fourth-order valence-electron chi connectivity index (χ4n) is 3.58. The minimum absolute atomic E-state index is 0.293. The van der Waals surface area contributed by atoms with Gasteiger partial charge >= 0.3 is 5.97 Å². The van der Waals surface area contributed by atoms with E-state index in [-0.39, 0.29) is 0 Å². The van der Waals surface area contributed by atoms with Gasteiger partial charge in [0.1, 0.15) is 0 Å². The van der Waals surface area contributed by atoms with Gasteiger partial charge in [-0.15, -0.1) is 0 Å². The lowest BCUT2D eigenvalue weighted by Gasteiger charge is -2.07. The van der Waals surface area contributed by atoms with E-state index in [0.717, 1.165) is 24.0 Å². The third-order valence-corrected chi connectivity index (χ3v) is 5.95. The van der Waals surface area contributed by atoms with E-state index in [1.807, 2.05) is 6.92 Å². The van der Waals surface area contributed by atoms with Crippen molar-refractivity contribution in [3.63, 3.8) is 0 Å². The standard InChI is InChI=1S/2C10H15N.C9H11NO2/c1-3-9-5-4-8(2)10(6-9)7-11;1-3-9-6-4-5-8(2)10(9)7-11;1-6-2-3-7(9(11)12)4-8(6)5-10/h2*4-6H,3,7,11H2,1-2H3;2-4H,5,10H2,1H3,(H,11,12). The van der Waals surface area contributed by atoms with Crippen LogP contribution < -0.4 is 17.2 Å². The third-order valence-electron chi connectivity index (χ3n) is 5.95. The summed E-state index contributed by atoms with van der Waals surface area (Å²) in [6.07, 6.45) is 2.17. The molecule has 0 aliphatic heterocycles. The van der Waals surface area contributed by atoms with Crippen LogP contribution in [0.2, 0.25) is 0 Å². The zero-order chi connectivity index (χ0) is 25.7. The van der Waals surface area contributed by atoms with Crippen molar-refractivity contribution in [2.45, 2.75) is 67.1 Å². The topological polar surface area (TPSA) is 115 Å². The number of hydrogen-bond donors (Lipinski definition) is 4. The van der Waals surface area contributed by atoms with Gasteiger partial charge in [-0.25, -0.2) is 4.79 Å². The molecule has 0 atom stereocenters. The van der Waals surface area contributed by atoms with E-state index in [2.05, 4.69) is 64.1 Å². The molecule has 0 aliphatic rings. The first kappa shape index (κ1) is 29.0. The van der Waals surface area contributed by atoms with Gasteiger partial charge in [-0.05, 0) is 90.3 Å². The Bertz CT molecular complexity index is 1060. The maximum atomic E-state index is 10.5. The summed E-state index contributed by atoms with van der Waals surface area (Å²) >= 11 is 0. The average Bonchev–Trinajstić information content (AvgIpc) is 2.85. The number of carboxylic acid groups (broad SMARTS) is 1. The Hall–Kier alpha value is -2.99. The van der Waals surface area contributed by atoms with Crippen LogP contribution in [-0.2, 0) is 32.5 Å². The van der Waals surface area contributed by atoms with Gasteiger partial charge in [-0.1, -0.05) is 56.3 Å². The highest BCUT2D eigenvalue weighted by molar-refractivity contribution is 5.87. The summed E-state index contributed by atoms with van der Waals surface area (Å²) in [6.45, 7) is 12.1. The molecule has 34 heavy (non-hydrogen) atoms. The molecule has 3 rings (SSSR count). The van der Waals surface area contributed by atoms with Crippen molar-refractivity contribution in [2.24, 2.45) is 17.2 Å². The van der Waals surface area contributed by atoms with E-state index in [1.165, 1.54) is 33.4 Å². The molecule has 5 nitrogen and oxygen atoms in total. The van der Waals surface area contributed by atoms with Crippen molar-refractivity contribution >= 4 is 5.97 Å². The molecule has 0 aromatic heterocycles. The van der Waals surface area contributed by atoms with Crippen molar-refractivity contribution < 1.29 is 9.90 Å². The second-order valence-electron chi connectivity index (χ2n) is 8.24. The second kappa shape index (κ2) is 15.0. The Balaban J connectivity index is 0.000000255. The SMILES string of the molecule is CCc1ccc(C)c(CN)c1.CCc1cccc(C)c1CN.Cc1ccc(C(=O)O)cc1CN. The van der Waals surface area contributed by atoms with Crippen molar-refractivity contribution in [1.82, 2.24) is 0 Å². The lowest BCUT2D eigenvalue weighted by Crippen LogP contribution is -2.03. The minimum atomic E-state index is -0.912. The Labute approximate surface area is 205 Å². The molecule has 0 radical (unpaired) electrons. The van der Waals surface area contributed by atoms with Crippen LogP contribution in [0.1, 0.15) is 68.7 Å². The zero-order valence-electron chi connectivity index (χ0n) is 21.3. The number of nitrogens with two attached hydrogens (primary N) is 3. The summed E-state index contributed by atoms with van der Waals surface area (Å²) in [5.74, 6) is -0.912. The third kappa shape index (κ3) is 8.75. The normalized spacial score (nSPS) is 10.0. The Kier molecular flexibility index (Phi) is 12.8. The largest absolute Gasteiger partial charge is 0.478 e. The molecule has 184 valence electrons. The van der Waals surface area contributed by atoms with E-state index < -0.39 is 5.97 Å². The highest BCUT2D eigenvalue weighted by Crippen LogP contribution is 2.14. The fourth-order valence-corrected chi connectivity index (χ4v) is 3.58. The number of rotatable bonds is 6. The number of carbonyl (C=O) groups is 1. The maximum absolute atomic E-state index is 10.5. The molecule has 7 N–H and O–H groups in total.